The Balaban J connectivity index is 2.10. The van der Waals surface area contributed by atoms with Crippen molar-refractivity contribution in [3.8, 4) is 0 Å². The fraction of sp³-hybridized carbons (Fsp3) is 0.300. The lowest BCUT2D eigenvalue weighted by Crippen LogP contribution is -2.24. The average Bonchev–Trinajstić information content (AvgIpc) is 2.26. The van der Waals surface area contributed by atoms with Crippen LogP contribution in [0.2, 0.25) is 0 Å². The fourth-order valence-corrected chi connectivity index (χ4v) is 2.19. The summed E-state index contributed by atoms with van der Waals surface area (Å²) in [6.07, 6.45) is 1.07. The summed E-state index contributed by atoms with van der Waals surface area (Å²) in [5.41, 5.74) is 7.68. The lowest BCUT2D eigenvalue weighted by Gasteiger charge is -2.17. The molecular formula is C10H13N3OS. The molecule has 0 atom stereocenters. The Labute approximate surface area is 92.7 Å². The van der Waals surface area contributed by atoms with Crippen LogP contribution in [0, 0.1) is 0 Å². The minimum absolute atomic E-state index is 0.518. The highest BCUT2D eigenvalue weighted by atomic mass is 32.2. The molecule has 0 unspecified atom stereocenters. The summed E-state index contributed by atoms with van der Waals surface area (Å²) in [6, 6.07) is 5.68. The molecule has 1 aliphatic rings. The Morgan fingerprint density at radius 2 is 2.33 bits per heavy atom. The number of rotatable bonds is 2. The van der Waals surface area contributed by atoms with Crippen molar-refractivity contribution in [2.45, 2.75) is 17.9 Å². The second-order valence-electron chi connectivity index (χ2n) is 3.43. The molecule has 80 valence electrons. The molecule has 0 aliphatic carbocycles. The first-order chi connectivity index (χ1) is 7.25. The average molecular weight is 223 g/mol. The van der Waals surface area contributed by atoms with Crippen LogP contribution in [-0.4, -0.2) is 12.6 Å². The van der Waals surface area contributed by atoms with E-state index in [2.05, 4.69) is 22.2 Å². The first-order valence-corrected chi connectivity index (χ1v) is 5.62. The van der Waals surface area contributed by atoms with Crippen LogP contribution in [0.25, 0.3) is 0 Å². The van der Waals surface area contributed by atoms with E-state index < -0.39 is 6.03 Å². The Hall–Kier alpha value is -1.20. The van der Waals surface area contributed by atoms with Crippen LogP contribution in [0.5, 0.6) is 0 Å². The first-order valence-electron chi connectivity index (χ1n) is 4.80. The monoisotopic (exact) mass is 223 g/mol. The van der Waals surface area contributed by atoms with Gasteiger partial charge in [-0.3, -0.25) is 4.72 Å². The number of urea groups is 1. The van der Waals surface area contributed by atoms with Crippen LogP contribution in [0.15, 0.2) is 23.1 Å². The number of fused-ring (bicyclic) bond motifs is 1. The number of nitrogens with one attached hydrogen (secondary N) is 2. The molecule has 0 spiro atoms. The molecule has 0 fully saturated rings. The highest BCUT2D eigenvalue weighted by Gasteiger charge is 2.09. The number of hydrogen-bond acceptors (Lipinski definition) is 3. The number of hydrogen-bond donors (Lipinski definition) is 3. The van der Waals surface area contributed by atoms with E-state index in [1.54, 1.807) is 0 Å². The smallest absolute Gasteiger partial charge is 0.322 e. The van der Waals surface area contributed by atoms with Gasteiger partial charge in [0.25, 0.3) is 0 Å². The molecule has 4 N–H and O–H groups in total. The van der Waals surface area contributed by atoms with Gasteiger partial charge in [0.05, 0.1) is 0 Å². The molecule has 0 saturated heterocycles. The van der Waals surface area contributed by atoms with Crippen LogP contribution >= 0.6 is 11.9 Å². The standard InChI is InChI=1S/C10H13N3OS/c11-10(14)13-15-9-2-1-7-3-4-12-6-8(7)5-9/h1-2,5,12H,3-4,6H2,(H3,11,13,14). The highest BCUT2D eigenvalue weighted by molar-refractivity contribution is 7.98. The molecule has 0 aromatic heterocycles. The fourth-order valence-electron chi connectivity index (χ4n) is 1.63. The van der Waals surface area contributed by atoms with E-state index in [0.29, 0.717) is 0 Å². The number of primary amides is 1. The molecule has 5 heteroatoms. The third-order valence-corrected chi connectivity index (χ3v) is 3.13. The predicted molar refractivity (Wildman–Crippen MR) is 60.4 cm³/mol. The molecule has 0 saturated carbocycles. The number of benzene rings is 1. The van der Waals surface area contributed by atoms with Crippen molar-refractivity contribution in [2.24, 2.45) is 5.73 Å². The van der Waals surface area contributed by atoms with E-state index >= 15 is 0 Å². The highest BCUT2D eigenvalue weighted by Crippen LogP contribution is 2.21. The summed E-state index contributed by atoms with van der Waals surface area (Å²) < 4.78 is 2.50. The second-order valence-corrected chi connectivity index (χ2v) is 4.31. The molecule has 1 aromatic carbocycles. The van der Waals surface area contributed by atoms with Crippen molar-refractivity contribution >= 4 is 18.0 Å². The Kier molecular flexibility index (Phi) is 3.13. The van der Waals surface area contributed by atoms with Crippen LogP contribution < -0.4 is 15.8 Å². The van der Waals surface area contributed by atoms with Gasteiger partial charge in [-0.25, -0.2) is 4.79 Å². The summed E-state index contributed by atoms with van der Waals surface area (Å²) in [6.45, 7) is 1.94. The molecule has 0 radical (unpaired) electrons. The van der Waals surface area contributed by atoms with E-state index in [9.17, 15) is 4.79 Å². The third kappa shape index (κ3) is 2.64. The van der Waals surface area contributed by atoms with E-state index in [1.807, 2.05) is 6.07 Å². The van der Waals surface area contributed by atoms with Gasteiger partial charge in [0.15, 0.2) is 0 Å². The molecule has 4 nitrogen and oxygen atoms in total. The third-order valence-electron chi connectivity index (χ3n) is 2.33. The normalized spacial score (nSPS) is 14.4. The molecule has 1 aliphatic heterocycles. The van der Waals surface area contributed by atoms with Gasteiger partial charge in [0.1, 0.15) is 0 Å². The second kappa shape index (κ2) is 4.55. The first kappa shape index (κ1) is 10.3. The van der Waals surface area contributed by atoms with Crippen LogP contribution in [-0.2, 0) is 13.0 Å². The Morgan fingerprint density at radius 3 is 3.13 bits per heavy atom. The number of carbonyl (C=O) groups excluding carboxylic acids is 1. The zero-order valence-corrected chi connectivity index (χ0v) is 9.06. The van der Waals surface area contributed by atoms with Gasteiger partial charge in [-0.15, -0.1) is 0 Å². The van der Waals surface area contributed by atoms with Crippen LogP contribution in [0.1, 0.15) is 11.1 Å². The summed E-state index contributed by atoms with van der Waals surface area (Å²) in [4.78, 5) is 11.5. The largest absolute Gasteiger partial charge is 0.351 e. The summed E-state index contributed by atoms with van der Waals surface area (Å²) >= 11 is 1.25. The summed E-state index contributed by atoms with van der Waals surface area (Å²) in [5.74, 6) is 0. The maximum Gasteiger partial charge on any atom is 0.322 e. The van der Waals surface area contributed by atoms with E-state index in [1.165, 1.54) is 23.1 Å². The molecular weight excluding hydrogens is 210 g/mol. The minimum Gasteiger partial charge on any atom is -0.351 e. The van der Waals surface area contributed by atoms with Crippen molar-refractivity contribution in [1.29, 1.82) is 0 Å². The van der Waals surface area contributed by atoms with Gasteiger partial charge < -0.3 is 11.1 Å². The summed E-state index contributed by atoms with van der Waals surface area (Å²) in [5, 5.41) is 3.31. The van der Waals surface area contributed by atoms with Crippen molar-refractivity contribution < 1.29 is 4.79 Å². The predicted octanol–water partition coefficient (Wildman–Crippen LogP) is 1.01. The SMILES string of the molecule is NC(=O)NSc1ccc2c(c1)CNCC2. The maximum atomic E-state index is 10.5. The minimum atomic E-state index is -0.518. The van der Waals surface area contributed by atoms with Crippen molar-refractivity contribution in [3.63, 3.8) is 0 Å². The molecule has 2 amide bonds. The van der Waals surface area contributed by atoms with E-state index in [-0.39, 0.29) is 0 Å². The number of amides is 2. The quantitative estimate of drug-likeness (QED) is 0.655. The zero-order valence-electron chi connectivity index (χ0n) is 8.25. The lowest BCUT2D eigenvalue weighted by atomic mass is 10.0. The molecule has 2 rings (SSSR count). The van der Waals surface area contributed by atoms with Gasteiger partial charge in [-0.2, -0.15) is 0 Å². The van der Waals surface area contributed by atoms with Crippen molar-refractivity contribution in [1.82, 2.24) is 10.0 Å². The zero-order chi connectivity index (χ0) is 10.7. The van der Waals surface area contributed by atoms with E-state index in [0.717, 1.165) is 24.4 Å². The van der Waals surface area contributed by atoms with Gasteiger partial charge in [-0.1, -0.05) is 6.07 Å². The lowest BCUT2D eigenvalue weighted by molar-refractivity contribution is 0.254. The van der Waals surface area contributed by atoms with Gasteiger partial charge in [0, 0.05) is 11.4 Å². The Morgan fingerprint density at radius 1 is 1.47 bits per heavy atom. The molecule has 1 aromatic rings. The van der Waals surface area contributed by atoms with Gasteiger partial charge >= 0.3 is 6.03 Å². The Bertz CT molecular complexity index is 381. The van der Waals surface area contributed by atoms with Gasteiger partial charge in [0.2, 0.25) is 0 Å². The van der Waals surface area contributed by atoms with E-state index in [4.69, 9.17) is 5.73 Å². The van der Waals surface area contributed by atoms with Crippen molar-refractivity contribution in [3.05, 3.63) is 29.3 Å². The molecule has 0 bridgehead atoms. The molecule has 1 heterocycles. The van der Waals surface area contributed by atoms with Gasteiger partial charge in [-0.05, 0) is 48.2 Å². The van der Waals surface area contributed by atoms with Crippen LogP contribution in [0.3, 0.4) is 0 Å². The maximum absolute atomic E-state index is 10.5. The van der Waals surface area contributed by atoms with Crippen molar-refractivity contribution in [2.75, 3.05) is 6.54 Å². The van der Waals surface area contributed by atoms with Crippen LogP contribution in [0.4, 0.5) is 4.79 Å². The number of carbonyl (C=O) groups is 1. The topological polar surface area (TPSA) is 67.2 Å². The molecule has 15 heavy (non-hydrogen) atoms. The summed E-state index contributed by atoms with van der Waals surface area (Å²) in [7, 11) is 0. The number of nitrogens with two attached hydrogens (primary N) is 1.